The van der Waals surface area contributed by atoms with E-state index in [1.54, 1.807) is 43.0 Å². The van der Waals surface area contributed by atoms with E-state index < -0.39 is 0 Å². The molecule has 0 radical (unpaired) electrons. The third-order valence-corrected chi connectivity index (χ3v) is 5.60. The van der Waals surface area contributed by atoms with Crippen molar-refractivity contribution in [2.75, 3.05) is 31.1 Å². The van der Waals surface area contributed by atoms with Gasteiger partial charge >= 0.3 is 0 Å². The predicted octanol–water partition coefficient (Wildman–Crippen LogP) is 3.70. The van der Waals surface area contributed by atoms with Crippen molar-refractivity contribution in [3.63, 3.8) is 0 Å². The molecule has 8 heteroatoms. The number of rotatable bonds is 3. The fourth-order valence-electron chi connectivity index (χ4n) is 3.77. The van der Waals surface area contributed by atoms with Crippen molar-refractivity contribution in [2.24, 2.45) is 0 Å². The Balaban J connectivity index is 1.47. The van der Waals surface area contributed by atoms with Crippen LogP contribution in [0.2, 0.25) is 5.02 Å². The summed E-state index contributed by atoms with van der Waals surface area (Å²) in [6.45, 7) is 2.53. The molecule has 1 aliphatic heterocycles. The van der Waals surface area contributed by atoms with Gasteiger partial charge in [-0.1, -0.05) is 11.6 Å². The summed E-state index contributed by atoms with van der Waals surface area (Å²) in [6, 6.07) is 12.9. The maximum absolute atomic E-state index is 13.5. The molecular weight excluding hydrogens is 412 g/mol. The van der Waals surface area contributed by atoms with Gasteiger partial charge in [0.15, 0.2) is 0 Å². The van der Waals surface area contributed by atoms with Crippen molar-refractivity contribution >= 4 is 34.4 Å². The number of nitrogens with zero attached hydrogens (tertiary/aromatic N) is 6. The Kier molecular flexibility index (Phi) is 5.18. The van der Waals surface area contributed by atoms with E-state index in [-0.39, 0.29) is 5.91 Å². The molecule has 1 aliphatic rings. The molecule has 3 aromatic heterocycles. The van der Waals surface area contributed by atoms with Crippen LogP contribution in [0.3, 0.4) is 0 Å². The van der Waals surface area contributed by atoms with Crippen LogP contribution in [0.4, 0.5) is 5.95 Å². The minimum absolute atomic E-state index is 0.0339. The number of aromatic nitrogens is 4. The monoisotopic (exact) mass is 430 g/mol. The molecule has 1 fully saturated rings. The second-order valence-electron chi connectivity index (χ2n) is 7.29. The fourth-order valence-corrected chi connectivity index (χ4v) is 3.94. The van der Waals surface area contributed by atoms with Gasteiger partial charge in [-0.25, -0.2) is 15.0 Å². The molecule has 0 saturated carbocycles. The summed E-state index contributed by atoms with van der Waals surface area (Å²) in [5.41, 5.74) is 2.89. The number of hydrogen-bond donors (Lipinski definition) is 0. The van der Waals surface area contributed by atoms with Gasteiger partial charge in [0, 0.05) is 66.9 Å². The molecule has 0 spiro atoms. The number of fused-ring (bicyclic) bond motifs is 1. The van der Waals surface area contributed by atoms with Gasteiger partial charge in [0.2, 0.25) is 5.95 Å². The Morgan fingerprint density at radius 3 is 2.48 bits per heavy atom. The zero-order valence-corrected chi connectivity index (χ0v) is 17.4. The predicted molar refractivity (Wildman–Crippen MR) is 120 cm³/mol. The minimum Gasteiger partial charge on any atom is -0.337 e. The first kappa shape index (κ1) is 19.4. The molecule has 154 valence electrons. The second kappa shape index (κ2) is 8.28. The van der Waals surface area contributed by atoms with Crippen LogP contribution >= 0.6 is 11.6 Å². The van der Waals surface area contributed by atoms with Crippen molar-refractivity contribution in [1.29, 1.82) is 0 Å². The van der Waals surface area contributed by atoms with E-state index in [0.717, 1.165) is 16.5 Å². The maximum Gasteiger partial charge on any atom is 0.254 e. The number of benzene rings is 1. The molecular formula is C23H19ClN6O. The van der Waals surface area contributed by atoms with Gasteiger partial charge in [0.25, 0.3) is 5.91 Å². The number of carbonyl (C=O) groups is 1. The smallest absolute Gasteiger partial charge is 0.254 e. The number of halogens is 1. The molecule has 0 aliphatic carbocycles. The number of carbonyl (C=O) groups excluding carboxylic acids is 1. The summed E-state index contributed by atoms with van der Waals surface area (Å²) in [5, 5.41) is 1.32. The molecule has 0 atom stereocenters. The van der Waals surface area contributed by atoms with Crippen LogP contribution in [0.15, 0.2) is 67.3 Å². The van der Waals surface area contributed by atoms with E-state index in [0.29, 0.717) is 48.4 Å². The standard InChI is InChI=1S/C23H19ClN6O/c24-17-4-5-20-18(13-17)19(14-21(28-20)16-3-1-6-25-15-16)22(31)29-9-11-30(12-10-29)23-26-7-2-8-27-23/h1-8,13-15H,9-12H2. The molecule has 1 saturated heterocycles. The second-order valence-corrected chi connectivity index (χ2v) is 7.72. The summed E-state index contributed by atoms with van der Waals surface area (Å²) in [4.78, 5) is 35.0. The van der Waals surface area contributed by atoms with Gasteiger partial charge in [-0.2, -0.15) is 0 Å². The summed E-state index contributed by atoms with van der Waals surface area (Å²) in [5.74, 6) is 0.656. The van der Waals surface area contributed by atoms with Crippen molar-refractivity contribution in [2.45, 2.75) is 0 Å². The lowest BCUT2D eigenvalue weighted by Crippen LogP contribution is -2.49. The van der Waals surface area contributed by atoms with Gasteiger partial charge in [-0.15, -0.1) is 0 Å². The van der Waals surface area contributed by atoms with Crippen LogP contribution in [0, 0.1) is 0 Å². The highest BCUT2D eigenvalue weighted by Gasteiger charge is 2.25. The van der Waals surface area contributed by atoms with Crippen molar-refractivity contribution < 1.29 is 4.79 Å². The summed E-state index contributed by atoms with van der Waals surface area (Å²) in [7, 11) is 0. The van der Waals surface area contributed by atoms with Gasteiger partial charge in [0.05, 0.1) is 16.8 Å². The Morgan fingerprint density at radius 1 is 0.935 bits per heavy atom. The zero-order chi connectivity index (χ0) is 21.2. The SMILES string of the molecule is O=C(c1cc(-c2cccnc2)nc2ccc(Cl)cc12)N1CCN(c2ncccn2)CC1. The molecule has 0 unspecified atom stereocenters. The number of pyridine rings is 2. The maximum atomic E-state index is 13.5. The third kappa shape index (κ3) is 3.92. The van der Waals surface area contributed by atoms with Gasteiger partial charge in [-0.3, -0.25) is 9.78 Å². The van der Waals surface area contributed by atoms with Crippen LogP contribution in [-0.2, 0) is 0 Å². The molecule has 31 heavy (non-hydrogen) atoms. The normalized spacial score (nSPS) is 14.1. The lowest BCUT2D eigenvalue weighted by atomic mass is 10.0. The summed E-state index contributed by atoms with van der Waals surface area (Å²) in [6.07, 6.45) is 6.92. The van der Waals surface area contributed by atoms with E-state index in [1.807, 2.05) is 29.2 Å². The van der Waals surface area contributed by atoms with E-state index >= 15 is 0 Å². The van der Waals surface area contributed by atoms with E-state index in [1.165, 1.54) is 0 Å². The van der Waals surface area contributed by atoms with Gasteiger partial charge in [0.1, 0.15) is 0 Å². The molecule has 7 nitrogen and oxygen atoms in total. The fraction of sp³-hybridized carbons (Fsp3) is 0.174. The van der Waals surface area contributed by atoms with Gasteiger partial charge < -0.3 is 9.80 Å². The molecule has 4 aromatic rings. The minimum atomic E-state index is -0.0339. The highest BCUT2D eigenvalue weighted by Crippen LogP contribution is 2.28. The Labute approximate surface area is 184 Å². The molecule has 0 bridgehead atoms. The largest absolute Gasteiger partial charge is 0.337 e. The summed E-state index contributed by atoms with van der Waals surface area (Å²) < 4.78 is 0. The van der Waals surface area contributed by atoms with Crippen LogP contribution in [0.25, 0.3) is 22.2 Å². The average Bonchev–Trinajstić information content (AvgIpc) is 2.84. The highest BCUT2D eigenvalue weighted by atomic mass is 35.5. The van der Waals surface area contributed by atoms with Gasteiger partial charge in [-0.05, 0) is 42.5 Å². The molecule has 1 aromatic carbocycles. The Bertz CT molecular complexity index is 1230. The third-order valence-electron chi connectivity index (χ3n) is 5.36. The van der Waals surface area contributed by atoms with Crippen molar-refractivity contribution in [3.05, 3.63) is 77.8 Å². The lowest BCUT2D eigenvalue weighted by molar-refractivity contribution is 0.0748. The van der Waals surface area contributed by atoms with E-state index in [2.05, 4.69) is 19.9 Å². The van der Waals surface area contributed by atoms with Crippen molar-refractivity contribution in [3.8, 4) is 11.3 Å². The summed E-state index contributed by atoms with van der Waals surface area (Å²) >= 11 is 6.24. The first-order valence-electron chi connectivity index (χ1n) is 10.0. The topological polar surface area (TPSA) is 75.1 Å². The van der Waals surface area contributed by atoms with Crippen LogP contribution in [0.5, 0.6) is 0 Å². The lowest BCUT2D eigenvalue weighted by Gasteiger charge is -2.34. The Hall–Kier alpha value is -3.58. The van der Waals surface area contributed by atoms with Crippen molar-refractivity contribution in [1.82, 2.24) is 24.8 Å². The zero-order valence-electron chi connectivity index (χ0n) is 16.6. The number of piperazine rings is 1. The van der Waals surface area contributed by atoms with Crippen LogP contribution in [-0.4, -0.2) is 56.9 Å². The van der Waals surface area contributed by atoms with E-state index in [4.69, 9.17) is 16.6 Å². The number of hydrogen-bond acceptors (Lipinski definition) is 6. The molecule has 1 amide bonds. The van der Waals surface area contributed by atoms with E-state index in [9.17, 15) is 4.79 Å². The first-order valence-corrected chi connectivity index (χ1v) is 10.4. The number of amides is 1. The highest BCUT2D eigenvalue weighted by molar-refractivity contribution is 6.31. The average molecular weight is 431 g/mol. The van der Waals surface area contributed by atoms with Crippen LogP contribution in [0.1, 0.15) is 10.4 Å². The Morgan fingerprint density at radius 2 is 1.74 bits per heavy atom. The molecule has 0 N–H and O–H groups in total. The number of anilines is 1. The van der Waals surface area contributed by atoms with Crippen LogP contribution < -0.4 is 4.90 Å². The molecule has 5 rings (SSSR count). The first-order chi connectivity index (χ1) is 15.2. The quantitative estimate of drug-likeness (QED) is 0.493. The molecule has 4 heterocycles.